The van der Waals surface area contributed by atoms with E-state index in [1.807, 2.05) is 0 Å². The van der Waals surface area contributed by atoms with Crippen LogP contribution in [0.4, 0.5) is 39.5 Å². The van der Waals surface area contributed by atoms with E-state index in [1.165, 1.54) is 51.6 Å². The first-order chi connectivity index (χ1) is 48.7. The van der Waals surface area contributed by atoms with Crippen LogP contribution in [0.2, 0.25) is 0 Å². The Morgan fingerprint density at radius 1 is 0.451 bits per heavy atom. The normalized spacial score (nSPS) is 26.4. The maximum absolute atomic E-state index is 13.8. The number of nitrogens with zero attached hydrogens (tertiary/aromatic N) is 6. The average Bonchev–Trinajstić information content (AvgIpc) is 1.59. The lowest BCUT2D eigenvalue weighted by molar-refractivity contribution is -0.145. The molecule has 3 N–H and O–H groups in total. The van der Waals surface area contributed by atoms with Crippen LogP contribution in [0.5, 0.6) is 0 Å². The number of fused-ring (bicyclic) bond motifs is 6. The molecule has 6 heterocycles. The second-order valence-electron chi connectivity index (χ2n) is 31.1. The van der Waals surface area contributed by atoms with Crippen LogP contribution >= 0.6 is 0 Å². The predicted octanol–water partition coefficient (Wildman–Crippen LogP) is 15.2. The molecule has 0 spiro atoms. The fraction of sp³-hybridized carbons (Fsp3) is 0.556. The van der Waals surface area contributed by atoms with E-state index in [1.54, 1.807) is 14.7 Å². The van der Waals surface area contributed by atoms with Crippen molar-refractivity contribution < 1.29 is 53.9 Å². The van der Waals surface area contributed by atoms with Crippen molar-refractivity contribution in [2.75, 3.05) is 39.3 Å². The molecule has 9 unspecified atom stereocenters. The van der Waals surface area contributed by atoms with Crippen molar-refractivity contribution in [3.05, 3.63) is 193 Å². The number of alkyl halides is 9. The molecule has 102 heavy (non-hydrogen) atoms. The average molecular weight is 1410 g/mol. The number of carbonyl (C=O) groups is 3. The molecule has 0 saturated heterocycles. The van der Waals surface area contributed by atoms with Gasteiger partial charge in [0.15, 0.2) is 0 Å². The fourth-order valence-electron chi connectivity index (χ4n) is 19.4. The van der Waals surface area contributed by atoms with E-state index >= 15 is 0 Å². The summed E-state index contributed by atoms with van der Waals surface area (Å²) in [5.74, 6) is 1.50. The molecule has 546 valence electrons. The van der Waals surface area contributed by atoms with Crippen LogP contribution in [0, 0.1) is 54.8 Å². The predicted molar refractivity (Wildman–Crippen MR) is 372 cm³/mol. The molecule has 0 radical (unpaired) electrons. The van der Waals surface area contributed by atoms with Gasteiger partial charge in [-0.1, -0.05) is 103 Å². The quantitative estimate of drug-likeness (QED) is 0.0859. The first kappa shape index (κ1) is 73.1. The summed E-state index contributed by atoms with van der Waals surface area (Å²) in [5, 5.41) is 11.1. The van der Waals surface area contributed by atoms with Crippen LogP contribution in [-0.2, 0) is 91.1 Å². The first-order valence-corrected chi connectivity index (χ1v) is 37.1. The Kier molecular flexibility index (Phi) is 21.6. The molecule has 6 fully saturated rings. The van der Waals surface area contributed by atoms with Crippen LogP contribution in [0.15, 0.2) is 110 Å². The minimum absolute atomic E-state index is 0.140. The monoisotopic (exact) mass is 1410 g/mol. The molecule has 3 aliphatic heterocycles. The van der Waals surface area contributed by atoms with Gasteiger partial charge in [0.25, 0.3) is 0 Å². The van der Waals surface area contributed by atoms with Gasteiger partial charge in [-0.3, -0.25) is 29.3 Å². The van der Waals surface area contributed by atoms with Crippen molar-refractivity contribution in [1.29, 1.82) is 0 Å². The molecule has 12 nitrogen and oxygen atoms in total. The summed E-state index contributed by atoms with van der Waals surface area (Å²) in [4.78, 5) is 59.0. The molecular weight excluding hydrogens is 1320 g/mol. The second kappa shape index (κ2) is 30.1. The molecule has 0 bridgehead atoms. The number of amides is 3. The van der Waals surface area contributed by atoms with E-state index in [2.05, 4.69) is 124 Å². The van der Waals surface area contributed by atoms with E-state index in [0.717, 1.165) is 154 Å². The molecule has 6 aromatic rings. The maximum atomic E-state index is 13.8. The van der Waals surface area contributed by atoms with Crippen molar-refractivity contribution in [3.8, 4) is 0 Å². The Bertz CT molecular complexity index is 3990. The minimum Gasteiger partial charge on any atom is -0.337 e. The molecule has 15 rings (SSSR count). The molecule has 9 aliphatic rings. The molecule has 3 aromatic heterocycles. The summed E-state index contributed by atoms with van der Waals surface area (Å²) < 4.78 is 119. The zero-order chi connectivity index (χ0) is 71.8. The Morgan fingerprint density at radius 2 is 0.833 bits per heavy atom. The lowest BCUT2D eigenvalue weighted by Crippen LogP contribution is -2.47. The second-order valence-corrected chi connectivity index (χ2v) is 31.1. The zero-order valence-corrected chi connectivity index (χ0v) is 58.9. The van der Waals surface area contributed by atoms with Gasteiger partial charge in [0.2, 0.25) is 17.7 Å². The van der Waals surface area contributed by atoms with E-state index < -0.39 is 35.2 Å². The molecule has 21 heteroatoms. The van der Waals surface area contributed by atoms with Gasteiger partial charge in [-0.15, -0.1) is 0 Å². The van der Waals surface area contributed by atoms with Crippen LogP contribution < -0.4 is 16.0 Å². The number of pyridine rings is 3. The van der Waals surface area contributed by atoms with Gasteiger partial charge in [0.1, 0.15) is 0 Å². The maximum Gasteiger partial charge on any atom is 0.417 e. The van der Waals surface area contributed by atoms with Crippen molar-refractivity contribution in [1.82, 2.24) is 45.6 Å². The van der Waals surface area contributed by atoms with Crippen molar-refractivity contribution >= 4 is 17.7 Å². The largest absolute Gasteiger partial charge is 0.417 e. The van der Waals surface area contributed by atoms with Gasteiger partial charge in [0.05, 0.1) is 32.9 Å². The Labute approximate surface area is 593 Å². The third kappa shape index (κ3) is 15.9. The van der Waals surface area contributed by atoms with Crippen LogP contribution in [0.1, 0.15) is 180 Å². The third-order valence-corrected chi connectivity index (χ3v) is 24.6. The minimum atomic E-state index is -4.42. The smallest absolute Gasteiger partial charge is 0.337 e. The standard InChI is InChI=1S/3C27H32F3N3O/c1-18-4-2-5-19(12-18)7-10-31-23-14-21-6-3-9-26(21,15-23)25(34)33-11-8-24-20(17-33)13-22(16-32-24)27(28,29)30;1-18-4-6-19(7-5-18)8-11-31-23-14-21-3-2-10-26(21,15-23)25(34)33-12-9-24-20(17-33)13-22(16-32-24)27(28,29)30;1-18-5-2-3-6-19(18)8-11-31-23-14-21-7-4-10-26(21,15-23)25(34)33-12-9-24-20(17-33)13-22(16-32-24)27(28,29)30/h2,4-5,12-13,16,21,23,31H,3,6-11,14-15,17H2,1H3;4-7,13,16,21,23,31H,2-3,8-12,14-15,17H2,1H3;2-3,5-6,13,16,21,23,31H,4,7-12,14-15,17H2,1H3. The number of aromatic nitrogens is 3. The highest BCUT2D eigenvalue weighted by Crippen LogP contribution is 2.58. The lowest BCUT2D eigenvalue weighted by Gasteiger charge is -2.37. The summed E-state index contributed by atoms with van der Waals surface area (Å²) in [6.07, 6.45) is 8.36. The van der Waals surface area contributed by atoms with E-state index in [4.69, 9.17) is 0 Å². The van der Waals surface area contributed by atoms with Crippen molar-refractivity contribution in [3.63, 3.8) is 0 Å². The fourth-order valence-corrected chi connectivity index (χ4v) is 19.4. The van der Waals surface area contributed by atoms with Gasteiger partial charge < -0.3 is 30.7 Å². The van der Waals surface area contributed by atoms with Gasteiger partial charge in [-0.25, -0.2) is 0 Å². The van der Waals surface area contributed by atoms with Gasteiger partial charge in [0, 0.05) is 112 Å². The van der Waals surface area contributed by atoms with Gasteiger partial charge in [-0.2, -0.15) is 39.5 Å². The number of halogens is 9. The summed E-state index contributed by atoms with van der Waals surface area (Å²) in [6.45, 7) is 11.2. The summed E-state index contributed by atoms with van der Waals surface area (Å²) in [5.41, 5.74) is 8.10. The lowest BCUT2D eigenvalue weighted by atomic mass is 9.78. The summed E-state index contributed by atoms with van der Waals surface area (Å²) in [7, 11) is 0. The van der Waals surface area contributed by atoms with Crippen LogP contribution in [0.3, 0.4) is 0 Å². The van der Waals surface area contributed by atoms with E-state index in [0.29, 0.717) is 109 Å². The summed E-state index contributed by atoms with van der Waals surface area (Å²) in [6, 6.07) is 30.0. The van der Waals surface area contributed by atoms with E-state index in [-0.39, 0.29) is 53.6 Å². The van der Waals surface area contributed by atoms with Crippen LogP contribution in [-0.4, -0.2) is 105 Å². The highest BCUT2D eigenvalue weighted by Gasteiger charge is 2.59. The van der Waals surface area contributed by atoms with Crippen molar-refractivity contribution in [2.45, 2.75) is 212 Å². The number of rotatable bonds is 15. The number of benzene rings is 3. The number of hydrogen-bond acceptors (Lipinski definition) is 9. The number of carbonyl (C=O) groups excluding carboxylic acids is 3. The Morgan fingerprint density at radius 3 is 1.22 bits per heavy atom. The van der Waals surface area contributed by atoms with Crippen LogP contribution in [0.25, 0.3) is 0 Å². The highest BCUT2D eigenvalue weighted by atomic mass is 19.4. The number of aryl methyl sites for hydroxylation is 3. The molecule has 6 aliphatic carbocycles. The zero-order valence-electron chi connectivity index (χ0n) is 58.9. The number of hydrogen-bond donors (Lipinski definition) is 3. The highest BCUT2D eigenvalue weighted by molar-refractivity contribution is 5.86. The van der Waals surface area contributed by atoms with E-state index in [9.17, 15) is 53.9 Å². The molecule has 9 atom stereocenters. The van der Waals surface area contributed by atoms with Crippen molar-refractivity contribution in [2.24, 2.45) is 34.0 Å². The summed E-state index contributed by atoms with van der Waals surface area (Å²) >= 11 is 0. The first-order valence-electron chi connectivity index (χ1n) is 37.1. The SMILES string of the molecule is Cc1ccc(CCNC2CC3CCCC3(C(=O)N3CCc4ncc(C(F)(F)F)cc4C3)C2)cc1.Cc1cccc(CCNC2CC3CCCC3(C(=O)N3CCc4ncc(C(F)(F)F)cc4C3)C2)c1.Cc1ccccc1CCNC1CC2CCCC2(C(=O)N2CCc3ncc(C(F)(F)F)cc3C2)C1. The topological polar surface area (TPSA) is 136 Å². The Hall–Kier alpha value is -7.23. The third-order valence-electron chi connectivity index (χ3n) is 24.6. The number of nitrogens with one attached hydrogen (secondary N) is 3. The molecule has 3 amide bonds. The van der Waals surface area contributed by atoms with Gasteiger partial charge >= 0.3 is 18.5 Å². The molecule has 6 saturated carbocycles. The molecular formula is C81H96F9N9O3. The molecule has 3 aromatic carbocycles. The Balaban J connectivity index is 0.000000137. The van der Waals surface area contributed by atoms with Gasteiger partial charge in [-0.05, 0) is 212 Å².